The Kier molecular flexibility index (Phi) is 7.08. The number of hydrogen-bond donors (Lipinski definition) is 0. The van der Waals surface area contributed by atoms with Crippen molar-refractivity contribution >= 4 is 41.4 Å². The summed E-state index contributed by atoms with van der Waals surface area (Å²) in [7, 11) is 3.20. The van der Waals surface area contributed by atoms with Crippen molar-refractivity contribution in [2.75, 3.05) is 13.7 Å². The maximum Gasteiger partial charge on any atom is 0.319 e. The van der Waals surface area contributed by atoms with Crippen LogP contribution in [0.1, 0.15) is 5.56 Å². The standard InChI is InChI=1S/C20H20Cl2N4O2S/c1-24-19(15-8-4-6-10-17(15)22)23-26(20(24)29)13-25(12-18(27)28-2)11-14-7-3-5-9-16(14)21/h3-10H,11-13H2,1-2H3. The first-order valence-electron chi connectivity index (χ1n) is 8.82. The summed E-state index contributed by atoms with van der Waals surface area (Å²) >= 11 is 18.2. The number of nitrogens with zero attached hydrogens (tertiary/aromatic N) is 4. The molecule has 0 N–H and O–H groups in total. The van der Waals surface area contributed by atoms with Gasteiger partial charge in [-0.1, -0.05) is 53.5 Å². The molecule has 1 aromatic heterocycles. The Morgan fingerprint density at radius 2 is 1.79 bits per heavy atom. The van der Waals surface area contributed by atoms with Gasteiger partial charge in [-0.15, -0.1) is 0 Å². The average molecular weight is 451 g/mol. The second-order valence-corrected chi connectivity index (χ2v) is 7.62. The average Bonchev–Trinajstić information content (AvgIpc) is 2.98. The number of carbonyl (C=O) groups excluding carboxylic acids is 1. The van der Waals surface area contributed by atoms with Gasteiger partial charge in [0.2, 0.25) is 0 Å². The minimum Gasteiger partial charge on any atom is -0.468 e. The van der Waals surface area contributed by atoms with Crippen LogP contribution >= 0.6 is 35.4 Å². The van der Waals surface area contributed by atoms with Crippen molar-refractivity contribution in [1.29, 1.82) is 0 Å². The normalized spacial score (nSPS) is 11.1. The summed E-state index contributed by atoms with van der Waals surface area (Å²) in [5.41, 5.74) is 1.68. The van der Waals surface area contributed by atoms with Gasteiger partial charge in [-0.2, -0.15) is 5.10 Å². The lowest BCUT2D eigenvalue weighted by Crippen LogP contribution is -2.32. The zero-order valence-electron chi connectivity index (χ0n) is 16.0. The summed E-state index contributed by atoms with van der Waals surface area (Å²) in [4.78, 5) is 13.8. The number of rotatable bonds is 7. The zero-order valence-corrected chi connectivity index (χ0v) is 18.3. The highest BCUT2D eigenvalue weighted by Crippen LogP contribution is 2.26. The number of esters is 1. The number of ether oxygens (including phenoxy) is 1. The Balaban J connectivity index is 1.92. The zero-order chi connectivity index (χ0) is 21.0. The minimum atomic E-state index is -0.356. The molecule has 3 aromatic rings. The van der Waals surface area contributed by atoms with Crippen LogP contribution < -0.4 is 0 Å². The quantitative estimate of drug-likeness (QED) is 0.390. The maximum atomic E-state index is 11.9. The first-order chi connectivity index (χ1) is 13.9. The highest BCUT2D eigenvalue weighted by atomic mass is 35.5. The van der Waals surface area contributed by atoms with Crippen LogP contribution in [0.5, 0.6) is 0 Å². The van der Waals surface area contributed by atoms with Gasteiger partial charge < -0.3 is 9.30 Å². The first kappa shape index (κ1) is 21.5. The fourth-order valence-corrected chi connectivity index (χ4v) is 3.52. The predicted molar refractivity (Wildman–Crippen MR) is 116 cm³/mol. The molecule has 0 aliphatic heterocycles. The fourth-order valence-electron chi connectivity index (χ4n) is 2.92. The van der Waals surface area contributed by atoms with Crippen LogP contribution in [0.4, 0.5) is 0 Å². The van der Waals surface area contributed by atoms with Gasteiger partial charge in [-0.25, -0.2) is 4.68 Å². The molecule has 0 aliphatic carbocycles. The number of hydrogen-bond acceptors (Lipinski definition) is 5. The van der Waals surface area contributed by atoms with Crippen molar-refractivity contribution in [3.05, 3.63) is 68.9 Å². The van der Waals surface area contributed by atoms with Gasteiger partial charge in [-0.3, -0.25) is 9.69 Å². The Morgan fingerprint density at radius 1 is 1.14 bits per heavy atom. The van der Waals surface area contributed by atoms with Gasteiger partial charge in [-0.05, 0) is 36.0 Å². The van der Waals surface area contributed by atoms with Gasteiger partial charge in [0.25, 0.3) is 0 Å². The minimum absolute atomic E-state index is 0.0709. The van der Waals surface area contributed by atoms with E-state index in [1.807, 2.05) is 54.4 Å². The van der Waals surface area contributed by atoms with Crippen LogP contribution in [0.2, 0.25) is 10.0 Å². The molecule has 0 aliphatic rings. The fraction of sp³-hybridized carbons (Fsp3) is 0.250. The van der Waals surface area contributed by atoms with Crippen LogP contribution in [0.3, 0.4) is 0 Å². The number of halogens is 2. The molecule has 1 heterocycles. The van der Waals surface area contributed by atoms with E-state index >= 15 is 0 Å². The van der Waals surface area contributed by atoms with E-state index in [4.69, 9.17) is 40.2 Å². The van der Waals surface area contributed by atoms with Gasteiger partial charge in [0.1, 0.15) is 0 Å². The molecule has 0 amide bonds. The second-order valence-electron chi connectivity index (χ2n) is 6.44. The van der Waals surface area contributed by atoms with E-state index in [1.54, 1.807) is 15.3 Å². The van der Waals surface area contributed by atoms with E-state index in [1.165, 1.54) is 7.11 Å². The van der Waals surface area contributed by atoms with Crippen molar-refractivity contribution in [2.24, 2.45) is 7.05 Å². The summed E-state index contributed by atoms with van der Waals surface area (Å²) in [6.07, 6.45) is 0. The van der Waals surface area contributed by atoms with E-state index in [-0.39, 0.29) is 19.2 Å². The summed E-state index contributed by atoms with van der Waals surface area (Å²) in [6.45, 7) is 0.799. The Bertz CT molecular complexity index is 1080. The molecule has 152 valence electrons. The molecule has 0 radical (unpaired) electrons. The third-order valence-corrected chi connectivity index (χ3v) is 5.60. The monoisotopic (exact) mass is 450 g/mol. The van der Waals surface area contributed by atoms with Crippen molar-refractivity contribution < 1.29 is 9.53 Å². The van der Waals surface area contributed by atoms with E-state index in [2.05, 4.69) is 5.10 Å². The smallest absolute Gasteiger partial charge is 0.319 e. The van der Waals surface area contributed by atoms with Crippen molar-refractivity contribution in [3.8, 4) is 11.4 Å². The summed E-state index contributed by atoms with van der Waals surface area (Å²) in [6, 6.07) is 14.9. The molecule has 0 unspecified atom stereocenters. The lowest BCUT2D eigenvalue weighted by Gasteiger charge is -2.21. The second kappa shape index (κ2) is 9.54. The van der Waals surface area contributed by atoms with Crippen molar-refractivity contribution in [2.45, 2.75) is 13.2 Å². The van der Waals surface area contributed by atoms with Crippen LogP contribution in [0.25, 0.3) is 11.4 Å². The van der Waals surface area contributed by atoms with E-state index in [0.29, 0.717) is 27.2 Å². The topological polar surface area (TPSA) is 52.3 Å². The highest BCUT2D eigenvalue weighted by molar-refractivity contribution is 7.71. The summed E-state index contributed by atoms with van der Waals surface area (Å²) < 4.78 is 8.80. The van der Waals surface area contributed by atoms with Gasteiger partial charge >= 0.3 is 5.97 Å². The first-order valence-corrected chi connectivity index (χ1v) is 9.98. The molecule has 29 heavy (non-hydrogen) atoms. The third-order valence-electron chi connectivity index (χ3n) is 4.42. The van der Waals surface area contributed by atoms with Gasteiger partial charge in [0, 0.05) is 24.2 Å². The molecule has 2 aromatic carbocycles. The predicted octanol–water partition coefficient (Wildman–Crippen LogP) is 4.56. The molecular formula is C20H20Cl2N4O2S. The van der Waals surface area contributed by atoms with Crippen LogP contribution in [0.15, 0.2) is 48.5 Å². The van der Waals surface area contributed by atoms with E-state index in [0.717, 1.165) is 11.1 Å². The molecule has 0 fully saturated rings. The van der Waals surface area contributed by atoms with Crippen LogP contribution in [-0.2, 0) is 29.8 Å². The molecule has 0 saturated heterocycles. The third kappa shape index (κ3) is 5.05. The molecule has 0 atom stereocenters. The number of aromatic nitrogens is 3. The number of methoxy groups -OCH3 is 1. The van der Waals surface area contributed by atoms with Gasteiger partial charge in [0.15, 0.2) is 10.6 Å². The molecule has 6 nitrogen and oxygen atoms in total. The van der Waals surface area contributed by atoms with Crippen molar-refractivity contribution in [3.63, 3.8) is 0 Å². The van der Waals surface area contributed by atoms with Gasteiger partial charge in [0.05, 0.1) is 25.3 Å². The molecule has 0 bridgehead atoms. The molecule has 9 heteroatoms. The van der Waals surface area contributed by atoms with Crippen molar-refractivity contribution in [1.82, 2.24) is 19.2 Å². The summed E-state index contributed by atoms with van der Waals surface area (Å²) in [5.74, 6) is 0.294. The Hall–Kier alpha value is -2.19. The molecular weight excluding hydrogens is 431 g/mol. The Morgan fingerprint density at radius 3 is 2.45 bits per heavy atom. The highest BCUT2D eigenvalue weighted by Gasteiger charge is 2.18. The van der Waals surface area contributed by atoms with E-state index < -0.39 is 0 Å². The SMILES string of the molecule is COC(=O)CN(Cc1ccccc1Cl)Cn1nc(-c2ccccc2Cl)n(C)c1=S. The Labute approximate surface area is 184 Å². The lowest BCUT2D eigenvalue weighted by atomic mass is 10.2. The maximum absolute atomic E-state index is 11.9. The summed E-state index contributed by atoms with van der Waals surface area (Å²) in [5, 5.41) is 5.86. The number of benzene rings is 2. The molecule has 0 saturated carbocycles. The van der Waals surface area contributed by atoms with Crippen LogP contribution in [-0.4, -0.2) is 38.9 Å². The lowest BCUT2D eigenvalue weighted by molar-refractivity contribution is -0.142. The number of carbonyl (C=O) groups is 1. The molecule has 0 spiro atoms. The largest absolute Gasteiger partial charge is 0.468 e. The molecule has 3 rings (SSSR count). The van der Waals surface area contributed by atoms with E-state index in [9.17, 15) is 4.79 Å². The van der Waals surface area contributed by atoms with Crippen LogP contribution in [0, 0.1) is 4.77 Å².